The summed E-state index contributed by atoms with van der Waals surface area (Å²) >= 11 is 0. The molecule has 2 aromatic rings. The molecule has 0 aliphatic rings. The van der Waals surface area contributed by atoms with E-state index in [0.29, 0.717) is 11.4 Å². The Labute approximate surface area is 128 Å². The number of H-pyrrole nitrogens is 1. The predicted octanol–water partition coefficient (Wildman–Crippen LogP) is 1.97. The predicted molar refractivity (Wildman–Crippen MR) is 84.1 cm³/mol. The molecule has 0 fully saturated rings. The van der Waals surface area contributed by atoms with E-state index in [1.807, 2.05) is 20.8 Å². The third-order valence-corrected chi connectivity index (χ3v) is 2.86. The van der Waals surface area contributed by atoms with Crippen molar-refractivity contribution in [2.45, 2.75) is 26.3 Å². The van der Waals surface area contributed by atoms with Crippen molar-refractivity contribution in [3.05, 3.63) is 46.5 Å². The van der Waals surface area contributed by atoms with Crippen LogP contribution >= 0.6 is 0 Å². The average Bonchev–Trinajstić information content (AvgIpc) is 2.45. The van der Waals surface area contributed by atoms with E-state index in [1.165, 1.54) is 0 Å². The van der Waals surface area contributed by atoms with Gasteiger partial charge in [0.25, 0.3) is 5.91 Å². The molecule has 6 nitrogen and oxygen atoms in total. The zero-order valence-corrected chi connectivity index (χ0v) is 13.1. The summed E-state index contributed by atoms with van der Waals surface area (Å²) < 4.78 is 5.09. The van der Waals surface area contributed by atoms with Gasteiger partial charge in [0, 0.05) is 11.1 Å². The number of benzene rings is 1. The summed E-state index contributed by atoms with van der Waals surface area (Å²) in [6, 6.07) is 8.67. The van der Waals surface area contributed by atoms with Crippen LogP contribution in [0.5, 0.6) is 5.75 Å². The Balaban J connectivity index is 2.37. The molecule has 1 amide bonds. The minimum Gasteiger partial charge on any atom is -0.497 e. The van der Waals surface area contributed by atoms with Crippen molar-refractivity contribution < 1.29 is 9.53 Å². The van der Waals surface area contributed by atoms with Crippen molar-refractivity contribution in [3.63, 3.8) is 0 Å². The van der Waals surface area contributed by atoms with Crippen LogP contribution in [0.3, 0.4) is 0 Å². The van der Waals surface area contributed by atoms with Gasteiger partial charge in [0.2, 0.25) is 0 Å². The van der Waals surface area contributed by atoms with Crippen LogP contribution in [0.15, 0.2) is 35.1 Å². The van der Waals surface area contributed by atoms with E-state index in [0.717, 1.165) is 5.56 Å². The first-order valence-corrected chi connectivity index (χ1v) is 6.87. The number of aromatic amines is 1. The molecular formula is C16H19N3O3. The lowest BCUT2D eigenvalue weighted by Gasteiger charge is -2.20. The maximum absolute atomic E-state index is 12.2. The first-order chi connectivity index (χ1) is 10.3. The fourth-order valence-corrected chi connectivity index (χ4v) is 1.90. The summed E-state index contributed by atoms with van der Waals surface area (Å²) in [6.07, 6.45) is 0. The van der Waals surface area contributed by atoms with Gasteiger partial charge >= 0.3 is 5.69 Å². The Hall–Kier alpha value is -2.63. The number of carbonyl (C=O) groups is 1. The smallest absolute Gasteiger partial charge is 0.346 e. The molecule has 0 atom stereocenters. The summed E-state index contributed by atoms with van der Waals surface area (Å²) in [7, 11) is 1.58. The molecule has 0 radical (unpaired) electrons. The standard InChI is InChI=1S/C16H19N3O3/c1-16(2,3)19-14(20)13-9-12(17-15(21)18-13)10-5-7-11(22-4)8-6-10/h5-9H,1-4H3,(H,19,20)(H,17,18,21). The molecule has 0 saturated carbocycles. The van der Waals surface area contributed by atoms with Gasteiger partial charge in [0.15, 0.2) is 0 Å². The van der Waals surface area contributed by atoms with E-state index >= 15 is 0 Å². The minimum absolute atomic E-state index is 0.181. The summed E-state index contributed by atoms with van der Waals surface area (Å²) in [5.74, 6) is 0.362. The summed E-state index contributed by atoms with van der Waals surface area (Å²) in [4.78, 5) is 30.2. The highest BCUT2D eigenvalue weighted by Crippen LogP contribution is 2.20. The van der Waals surface area contributed by atoms with Crippen molar-refractivity contribution >= 4 is 5.91 Å². The third kappa shape index (κ3) is 3.94. The zero-order chi connectivity index (χ0) is 16.3. The molecule has 0 aliphatic carbocycles. The fraction of sp³-hybridized carbons (Fsp3) is 0.312. The van der Waals surface area contributed by atoms with E-state index in [1.54, 1.807) is 37.4 Å². The lowest BCUT2D eigenvalue weighted by molar-refractivity contribution is 0.0914. The average molecular weight is 301 g/mol. The van der Waals surface area contributed by atoms with E-state index < -0.39 is 11.2 Å². The van der Waals surface area contributed by atoms with Crippen molar-refractivity contribution in [3.8, 4) is 17.0 Å². The highest BCUT2D eigenvalue weighted by Gasteiger charge is 2.17. The fourth-order valence-electron chi connectivity index (χ4n) is 1.90. The Morgan fingerprint density at radius 2 is 1.86 bits per heavy atom. The molecule has 0 aliphatic heterocycles. The number of hydrogen-bond acceptors (Lipinski definition) is 4. The molecule has 6 heteroatoms. The second-order valence-electron chi connectivity index (χ2n) is 5.92. The van der Waals surface area contributed by atoms with E-state index in [4.69, 9.17) is 4.74 Å². The van der Waals surface area contributed by atoms with E-state index in [2.05, 4.69) is 15.3 Å². The molecule has 1 heterocycles. The highest BCUT2D eigenvalue weighted by atomic mass is 16.5. The zero-order valence-electron chi connectivity index (χ0n) is 13.1. The van der Waals surface area contributed by atoms with Gasteiger partial charge in [-0.05, 0) is 51.1 Å². The normalized spacial score (nSPS) is 11.1. The number of carbonyl (C=O) groups excluding carboxylic acids is 1. The third-order valence-electron chi connectivity index (χ3n) is 2.86. The van der Waals surface area contributed by atoms with Crippen LogP contribution in [0.4, 0.5) is 0 Å². The van der Waals surface area contributed by atoms with Crippen LogP contribution in [-0.2, 0) is 0 Å². The molecule has 22 heavy (non-hydrogen) atoms. The van der Waals surface area contributed by atoms with Crippen molar-refractivity contribution in [1.82, 2.24) is 15.3 Å². The molecule has 2 rings (SSSR count). The van der Waals surface area contributed by atoms with Crippen LogP contribution in [0.25, 0.3) is 11.3 Å². The molecule has 116 valence electrons. The number of amides is 1. The molecule has 0 saturated heterocycles. The Morgan fingerprint density at radius 1 is 1.23 bits per heavy atom. The Bertz CT molecular complexity index is 728. The number of nitrogens with one attached hydrogen (secondary N) is 2. The van der Waals surface area contributed by atoms with Gasteiger partial charge in [-0.25, -0.2) is 4.79 Å². The topological polar surface area (TPSA) is 84.1 Å². The Kier molecular flexibility index (Phi) is 4.30. The van der Waals surface area contributed by atoms with Crippen LogP contribution < -0.4 is 15.7 Å². The van der Waals surface area contributed by atoms with Crippen LogP contribution in [0, 0.1) is 0 Å². The molecule has 0 spiro atoms. The first kappa shape index (κ1) is 15.8. The lowest BCUT2D eigenvalue weighted by Crippen LogP contribution is -2.41. The highest BCUT2D eigenvalue weighted by molar-refractivity contribution is 5.93. The SMILES string of the molecule is COc1ccc(-c2cc(C(=O)NC(C)(C)C)[nH]c(=O)n2)cc1. The van der Waals surface area contributed by atoms with Gasteiger partial charge in [0.05, 0.1) is 12.8 Å². The second kappa shape index (κ2) is 6.01. The van der Waals surface area contributed by atoms with Crippen LogP contribution in [-0.4, -0.2) is 28.5 Å². The molecule has 1 aromatic heterocycles. The quantitative estimate of drug-likeness (QED) is 0.908. The number of ether oxygens (including phenoxy) is 1. The molecular weight excluding hydrogens is 282 g/mol. The number of rotatable bonds is 3. The Morgan fingerprint density at radius 3 is 2.41 bits per heavy atom. The van der Waals surface area contributed by atoms with Gasteiger partial charge in [0.1, 0.15) is 11.4 Å². The largest absolute Gasteiger partial charge is 0.497 e. The van der Waals surface area contributed by atoms with Gasteiger partial charge in [-0.3, -0.25) is 4.79 Å². The summed E-state index contributed by atoms with van der Waals surface area (Å²) in [6.45, 7) is 5.61. The number of nitrogens with zero attached hydrogens (tertiary/aromatic N) is 1. The maximum Gasteiger partial charge on any atom is 0.346 e. The monoisotopic (exact) mass is 301 g/mol. The van der Waals surface area contributed by atoms with Gasteiger partial charge in [-0.2, -0.15) is 4.98 Å². The van der Waals surface area contributed by atoms with Crippen molar-refractivity contribution in [2.24, 2.45) is 0 Å². The van der Waals surface area contributed by atoms with E-state index in [9.17, 15) is 9.59 Å². The van der Waals surface area contributed by atoms with Gasteiger partial charge < -0.3 is 15.0 Å². The minimum atomic E-state index is -0.563. The van der Waals surface area contributed by atoms with Crippen molar-refractivity contribution in [2.75, 3.05) is 7.11 Å². The van der Waals surface area contributed by atoms with E-state index in [-0.39, 0.29) is 11.6 Å². The molecule has 1 aromatic carbocycles. The maximum atomic E-state index is 12.2. The van der Waals surface area contributed by atoms with Crippen LogP contribution in [0.2, 0.25) is 0 Å². The second-order valence-corrected chi connectivity index (χ2v) is 5.92. The van der Waals surface area contributed by atoms with Crippen molar-refractivity contribution in [1.29, 1.82) is 0 Å². The molecule has 0 unspecified atom stereocenters. The number of aromatic nitrogens is 2. The molecule has 2 N–H and O–H groups in total. The lowest BCUT2D eigenvalue weighted by atomic mass is 10.1. The number of methoxy groups -OCH3 is 1. The summed E-state index contributed by atoms with van der Waals surface area (Å²) in [5.41, 5.74) is 0.396. The summed E-state index contributed by atoms with van der Waals surface area (Å²) in [5, 5.41) is 2.80. The van der Waals surface area contributed by atoms with Crippen LogP contribution in [0.1, 0.15) is 31.3 Å². The van der Waals surface area contributed by atoms with Gasteiger partial charge in [-0.1, -0.05) is 0 Å². The first-order valence-electron chi connectivity index (χ1n) is 6.87. The number of hydrogen-bond donors (Lipinski definition) is 2. The van der Waals surface area contributed by atoms with Gasteiger partial charge in [-0.15, -0.1) is 0 Å². The molecule has 0 bridgehead atoms.